The fraction of sp³-hybridized carbons (Fsp3) is 0.0769. The fourth-order valence-electron chi connectivity index (χ4n) is 1.64. The highest BCUT2D eigenvalue weighted by Gasteiger charge is 2.14. The summed E-state index contributed by atoms with van der Waals surface area (Å²) in [6.07, 6.45) is 0. The number of nitro benzene ring substituents is 1. The van der Waals surface area contributed by atoms with Gasteiger partial charge < -0.3 is 0 Å². The maximum atomic E-state index is 13.4. The minimum atomic E-state index is -0.465. The third kappa shape index (κ3) is 2.15. The molecule has 0 spiro atoms. The van der Waals surface area contributed by atoms with Gasteiger partial charge in [0.1, 0.15) is 5.82 Å². The van der Waals surface area contributed by atoms with Crippen LogP contribution in [0.4, 0.5) is 10.1 Å². The van der Waals surface area contributed by atoms with E-state index in [1.807, 2.05) is 0 Å². The third-order valence-corrected chi connectivity index (χ3v) is 2.58. The molecule has 0 bridgehead atoms. The number of hydrogen-bond donors (Lipinski definition) is 0. The Balaban J connectivity index is 2.60. The van der Waals surface area contributed by atoms with Crippen LogP contribution < -0.4 is 0 Å². The van der Waals surface area contributed by atoms with E-state index in [4.69, 9.17) is 0 Å². The number of nitro groups is 1. The molecular weight excluding hydrogens is 221 g/mol. The number of benzene rings is 2. The van der Waals surface area contributed by atoms with Crippen LogP contribution in [0.3, 0.4) is 0 Å². The van der Waals surface area contributed by atoms with E-state index < -0.39 is 4.92 Å². The smallest absolute Gasteiger partial charge is 0.258 e. The molecule has 2 rings (SSSR count). The topological polar surface area (TPSA) is 43.1 Å². The molecule has 2 aromatic rings. The molecule has 0 aliphatic rings. The normalized spacial score (nSPS) is 10.2. The van der Waals surface area contributed by atoms with Crippen LogP contribution in [0.15, 0.2) is 42.5 Å². The molecule has 0 saturated heterocycles. The lowest BCUT2D eigenvalue weighted by Crippen LogP contribution is -1.92. The van der Waals surface area contributed by atoms with Crippen molar-refractivity contribution in [1.29, 1.82) is 0 Å². The van der Waals surface area contributed by atoms with Gasteiger partial charge in [0, 0.05) is 6.07 Å². The zero-order valence-electron chi connectivity index (χ0n) is 9.18. The van der Waals surface area contributed by atoms with Crippen molar-refractivity contribution < 1.29 is 9.31 Å². The molecular formula is C13H10FNO2. The van der Waals surface area contributed by atoms with Crippen LogP contribution in [0, 0.1) is 22.9 Å². The summed E-state index contributed by atoms with van der Waals surface area (Å²) in [5, 5.41) is 10.9. The molecule has 0 atom stereocenters. The van der Waals surface area contributed by atoms with E-state index in [9.17, 15) is 14.5 Å². The van der Waals surface area contributed by atoms with Gasteiger partial charge in [0.2, 0.25) is 0 Å². The summed E-state index contributed by atoms with van der Waals surface area (Å²) < 4.78 is 13.4. The summed E-state index contributed by atoms with van der Waals surface area (Å²) in [5.74, 6) is -0.361. The third-order valence-electron chi connectivity index (χ3n) is 2.58. The Kier molecular flexibility index (Phi) is 2.87. The summed E-state index contributed by atoms with van der Waals surface area (Å²) in [6, 6.07) is 10.9. The molecule has 0 amide bonds. The molecule has 2 aromatic carbocycles. The molecule has 0 N–H and O–H groups in total. The van der Waals surface area contributed by atoms with Gasteiger partial charge in [0.25, 0.3) is 5.69 Å². The first-order chi connectivity index (χ1) is 8.09. The minimum absolute atomic E-state index is 0.0178. The van der Waals surface area contributed by atoms with Crippen molar-refractivity contribution in [3.05, 3.63) is 64.0 Å². The number of rotatable bonds is 2. The first kappa shape index (κ1) is 11.3. The summed E-state index contributed by atoms with van der Waals surface area (Å²) in [7, 11) is 0. The van der Waals surface area contributed by atoms with Gasteiger partial charge in [0.05, 0.1) is 10.5 Å². The van der Waals surface area contributed by atoms with Crippen LogP contribution in [0.25, 0.3) is 11.1 Å². The van der Waals surface area contributed by atoms with Gasteiger partial charge in [0.15, 0.2) is 0 Å². The summed E-state index contributed by atoms with van der Waals surface area (Å²) in [5.41, 5.74) is 1.44. The van der Waals surface area contributed by atoms with Crippen LogP contribution >= 0.6 is 0 Å². The van der Waals surface area contributed by atoms with Crippen LogP contribution in [0.5, 0.6) is 0 Å². The van der Waals surface area contributed by atoms with Gasteiger partial charge in [-0.1, -0.05) is 24.3 Å². The molecule has 0 heterocycles. The van der Waals surface area contributed by atoms with E-state index >= 15 is 0 Å². The van der Waals surface area contributed by atoms with Gasteiger partial charge in [-0.3, -0.25) is 10.1 Å². The summed E-state index contributed by atoms with van der Waals surface area (Å²) in [4.78, 5) is 10.4. The molecule has 0 saturated carbocycles. The van der Waals surface area contributed by atoms with Crippen molar-refractivity contribution in [3.8, 4) is 11.1 Å². The fourth-order valence-corrected chi connectivity index (χ4v) is 1.64. The molecule has 86 valence electrons. The minimum Gasteiger partial charge on any atom is -0.258 e. The first-order valence-electron chi connectivity index (χ1n) is 5.09. The highest BCUT2D eigenvalue weighted by atomic mass is 19.1. The second-order valence-corrected chi connectivity index (χ2v) is 3.74. The van der Waals surface area contributed by atoms with Gasteiger partial charge in [-0.25, -0.2) is 4.39 Å². The summed E-state index contributed by atoms with van der Waals surface area (Å²) >= 11 is 0. The van der Waals surface area contributed by atoms with Gasteiger partial charge in [-0.05, 0) is 30.2 Å². The largest absolute Gasteiger partial charge is 0.277 e. The molecule has 3 nitrogen and oxygen atoms in total. The Morgan fingerprint density at radius 2 is 1.88 bits per heavy atom. The Morgan fingerprint density at radius 3 is 2.53 bits per heavy atom. The molecule has 0 aliphatic carbocycles. The average molecular weight is 231 g/mol. The summed E-state index contributed by atoms with van der Waals surface area (Å²) in [6.45, 7) is 1.65. The Hall–Kier alpha value is -2.23. The highest BCUT2D eigenvalue weighted by Crippen LogP contribution is 2.30. The van der Waals surface area contributed by atoms with Crippen molar-refractivity contribution in [1.82, 2.24) is 0 Å². The van der Waals surface area contributed by atoms with E-state index in [0.29, 0.717) is 16.7 Å². The standard InChI is InChI=1S/C13H10FNO2/c1-9-6-7-10(8-12(9)14)11-4-2-3-5-13(11)15(16)17/h2-8H,1H3. The lowest BCUT2D eigenvalue weighted by Gasteiger charge is -2.04. The van der Waals surface area contributed by atoms with Gasteiger partial charge in [-0.15, -0.1) is 0 Å². The van der Waals surface area contributed by atoms with Crippen molar-refractivity contribution in [2.75, 3.05) is 0 Å². The molecule has 0 aromatic heterocycles. The van der Waals surface area contributed by atoms with Gasteiger partial charge >= 0.3 is 0 Å². The maximum Gasteiger partial charge on any atom is 0.277 e. The van der Waals surface area contributed by atoms with E-state index in [1.54, 1.807) is 37.3 Å². The van der Waals surface area contributed by atoms with Crippen molar-refractivity contribution >= 4 is 5.69 Å². The van der Waals surface area contributed by atoms with Crippen LogP contribution in [-0.2, 0) is 0 Å². The Morgan fingerprint density at radius 1 is 1.18 bits per heavy atom. The van der Waals surface area contributed by atoms with Gasteiger partial charge in [-0.2, -0.15) is 0 Å². The maximum absolute atomic E-state index is 13.4. The predicted octanol–water partition coefficient (Wildman–Crippen LogP) is 3.71. The predicted molar refractivity (Wildman–Crippen MR) is 63.2 cm³/mol. The quantitative estimate of drug-likeness (QED) is 0.584. The molecule has 0 radical (unpaired) electrons. The second-order valence-electron chi connectivity index (χ2n) is 3.74. The van der Waals surface area contributed by atoms with Crippen molar-refractivity contribution in [2.45, 2.75) is 6.92 Å². The van der Waals surface area contributed by atoms with E-state index in [0.717, 1.165) is 0 Å². The van der Waals surface area contributed by atoms with Crippen LogP contribution in [0.2, 0.25) is 0 Å². The number of halogens is 1. The van der Waals surface area contributed by atoms with Crippen LogP contribution in [-0.4, -0.2) is 4.92 Å². The monoisotopic (exact) mass is 231 g/mol. The van der Waals surface area contributed by atoms with Crippen molar-refractivity contribution in [3.63, 3.8) is 0 Å². The molecule has 4 heteroatoms. The Labute approximate surface area is 97.7 Å². The first-order valence-corrected chi connectivity index (χ1v) is 5.09. The Bertz CT molecular complexity index is 581. The molecule has 17 heavy (non-hydrogen) atoms. The number of nitrogens with zero attached hydrogens (tertiary/aromatic N) is 1. The van der Waals surface area contributed by atoms with E-state index in [1.165, 1.54) is 12.1 Å². The van der Waals surface area contributed by atoms with Crippen molar-refractivity contribution in [2.24, 2.45) is 0 Å². The molecule has 0 unspecified atom stereocenters. The molecule has 0 aliphatic heterocycles. The second kappa shape index (κ2) is 4.33. The number of aryl methyl sites for hydroxylation is 1. The number of hydrogen-bond acceptors (Lipinski definition) is 2. The van der Waals surface area contributed by atoms with E-state index in [2.05, 4.69) is 0 Å². The highest BCUT2D eigenvalue weighted by molar-refractivity contribution is 5.73. The lowest BCUT2D eigenvalue weighted by molar-refractivity contribution is -0.384. The average Bonchev–Trinajstić information content (AvgIpc) is 2.32. The number of para-hydroxylation sites is 1. The SMILES string of the molecule is Cc1ccc(-c2ccccc2[N+](=O)[O-])cc1F. The van der Waals surface area contributed by atoms with Crippen LogP contribution in [0.1, 0.15) is 5.56 Å². The zero-order valence-corrected chi connectivity index (χ0v) is 9.18. The van der Waals surface area contributed by atoms with E-state index in [-0.39, 0.29) is 11.5 Å². The lowest BCUT2D eigenvalue weighted by atomic mass is 10.0. The zero-order chi connectivity index (χ0) is 12.4. The molecule has 0 fully saturated rings.